The molecule has 1 fully saturated rings. The summed E-state index contributed by atoms with van der Waals surface area (Å²) in [5, 5.41) is 6.70. The van der Waals surface area contributed by atoms with Gasteiger partial charge in [-0.15, -0.1) is 0 Å². The molecule has 3 rings (SSSR count). The summed E-state index contributed by atoms with van der Waals surface area (Å²) in [5.41, 5.74) is 1.60. The minimum absolute atomic E-state index is 0.00310. The first kappa shape index (κ1) is 20.8. The van der Waals surface area contributed by atoms with Gasteiger partial charge in [-0.1, -0.05) is 0 Å². The fourth-order valence-electron chi connectivity index (χ4n) is 3.56. The van der Waals surface area contributed by atoms with Crippen molar-refractivity contribution in [2.24, 2.45) is 4.99 Å². The molecule has 2 N–H and O–H groups in total. The molecule has 0 unspecified atom stereocenters. The molecule has 0 aliphatic carbocycles. The number of guanidine groups is 1. The van der Waals surface area contributed by atoms with Gasteiger partial charge in [0.2, 0.25) is 0 Å². The molecule has 0 bridgehead atoms. The Morgan fingerprint density at radius 2 is 2.00 bits per heavy atom. The molecule has 0 aromatic heterocycles. The summed E-state index contributed by atoms with van der Waals surface area (Å²) in [6, 6.07) is 3.00. The average molecular weight is 394 g/mol. The second-order valence-corrected chi connectivity index (χ2v) is 7.68. The molecule has 28 heavy (non-hydrogen) atoms. The number of nitrogens with zero attached hydrogens (tertiary/aromatic N) is 2. The van der Waals surface area contributed by atoms with Crippen molar-refractivity contribution in [3.63, 3.8) is 0 Å². The van der Waals surface area contributed by atoms with Crippen LogP contribution in [0.4, 0.5) is 4.39 Å². The van der Waals surface area contributed by atoms with E-state index in [1.807, 2.05) is 0 Å². The van der Waals surface area contributed by atoms with Crippen LogP contribution in [0.3, 0.4) is 0 Å². The van der Waals surface area contributed by atoms with Crippen LogP contribution in [0.2, 0.25) is 0 Å². The van der Waals surface area contributed by atoms with Crippen LogP contribution in [0.1, 0.15) is 25.0 Å². The maximum Gasteiger partial charge on any atom is 0.191 e. The Kier molecular flexibility index (Phi) is 7.09. The average Bonchev–Trinajstić information content (AvgIpc) is 2.71. The number of morpholine rings is 1. The van der Waals surface area contributed by atoms with E-state index in [1.54, 1.807) is 7.05 Å². The zero-order valence-electron chi connectivity index (χ0n) is 17.0. The number of fused-ring (bicyclic) bond motifs is 1. The fraction of sp³-hybridized carbons (Fsp3) is 0.650. The predicted molar refractivity (Wildman–Crippen MR) is 106 cm³/mol. The van der Waals surface area contributed by atoms with E-state index in [0.717, 1.165) is 55.7 Å². The van der Waals surface area contributed by atoms with Crippen molar-refractivity contribution in [1.82, 2.24) is 15.5 Å². The van der Waals surface area contributed by atoms with Gasteiger partial charge in [0.15, 0.2) is 12.8 Å². The number of benzene rings is 1. The van der Waals surface area contributed by atoms with Crippen molar-refractivity contribution >= 4 is 5.96 Å². The van der Waals surface area contributed by atoms with E-state index in [4.69, 9.17) is 14.2 Å². The highest BCUT2D eigenvalue weighted by atomic mass is 19.1. The van der Waals surface area contributed by atoms with E-state index in [2.05, 4.69) is 34.4 Å². The van der Waals surface area contributed by atoms with Gasteiger partial charge in [-0.25, -0.2) is 4.39 Å². The van der Waals surface area contributed by atoms with Gasteiger partial charge < -0.3 is 24.8 Å². The molecule has 1 aromatic rings. The predicted octanol–water partition coefficient (Wildman–Crippen LogP) is 1.51. The van der Waals surface area contributed by atoms with Gasteiger partial charge in [0.25, 0.3) is 0 Å². The first-order chi connectivity index (χ1) is 13.5. The molecule has 2 aliphatic heterocycles. The molecule has 0 amide bonds. The van der Waals surface area contributed by atoms with E-state index in [1.165, 1.54) is 12.1 Å². The van der Waals surface area contributed by atoms with Gasteiger partial charge in [0, 0.05) is 44.3 Å². The highest BCUT2D eigenvalue weighted by Gasteiger charge is 2.28. The molecule has 2 heterocycles. The third-order valence-corrected chi connectivity index (χ3v) is 5.22. The fourth-order valence-corrected chi connectivity index (χ4v) is 3.56. The lowest BCUT2D eigenvalue weighted by molar-refractivity contribution is -0.0172. The Balaban J connectivity index is 1.50. The summed E-state index contributed by atoms with van der Waals surface area (Å²) in [7, 11) is 1.75. The van der Waals surface area contributed by atoms with Crippen LogP contribution in [-0.2, 0) is 22.5 Å². The summed E-state index contributed by atoms with van der Waals surface area (Å²) in [4.78, 5) is 6.72. The standard InChI is InChI=1S/C20H31FN4O3/c1-20(2,25-6-8-26-9-7-25)13-24-19(22-3)23-5-4-15-10-17(21)11-16-12-27-14-28-18(15)16/h10-11H,4-9,12-14H2,1-3H3,(H2,22,23,24). The third-order valence-electron chi connectivity index (χ3n) is 5.22. The van der Waals surface area contributed by atoms with Crippen molar-refractivity contribution in [1.29, 1.82) is 0 Å². The lowest BCUT2D eigenvalue weighted by Gasteiger charge is -2.41. The minimum atomic E-state index is -0.266. The Morgan fingerprint density at radius 1 is 1.21 bits per heavy atom. The second-order valence-electron chi connectivity index (χ2n) is 7.68. The van der Waals surface area contributed by atoms with E-state index < -0.39 is 0 Å². The molecule has 1 aromatic carbocycles. The Hall–Kier alpha value is -1.90. The lowest BCUT2D eigenvalue weighted by Crippen LogP contribution is -2.56. The SMILES string of the molecule is CN=C(NCCc1cc(F)cc2c1OCOC2)NCC(C)(C)N1CCOCC1. The molecule has 0 atom stereocenters. The number of halogens is 1. The van der Waals surface area contributed by atoms with Gasteiger partial charge in [0.05, 0.1) is 19.8 Å². The minimum Gasteiger partial charge on any atom is -0.467 e. The molecule has 0 spiro atoms. The van der Waals surface area contributed by atoms with E-state index in [9.17, 15) is 4.39 Å². The molecule has 2 aliphatic rings. The smallest absolute Gasteiger partial charge is 0.191 e. The maximum atomic E-state index is 13.9. The summed E-state index contributed by atoms with van der Waals surface area (Å²) in [6.07, 6.45) is 0.633. The van der Waals surface area contributed by atoms with Crippen LogP contribution in [-0.4, -0.2) is 69.6 Å². The largest absolute Gasteiger partial charge is 0.467 e. The van der Waals surface area contributed by atoms with Gasteiger partial charge in [-0.2, -0.15) is 0 Å². The van der Waals surface area contributed by atoms with Crippen LogP contribution >= 0.6 is 0 Å². The van der Waals surface area contributed by atoms with E-state index in [-0.39, 0.29) is 18.1 Å². The summed E-state index contributed by atoms with van der Waals surface area (Å²) < 4.78 is 30.1. The summed E-state index contributed by atoms with van der Waals surface area (Å²) in [6.45, 7) is 9.85. The van der Waals surface area contributed by atoms with Crippen LogP contribution in [0, 0.1) is 5.82 Å². The molecule has 0 saturated carbocycles. The number of hydrogen-bond acceptors (Lipinski definition) is 5. The van der Waals surface area contributed by atoms with E-state index in [0.29, 0.717) is 19.6 Å². The Morgan fingerprint density at radius 3 is 2.75 bits per heavy atom. The molecule has 8 heteroatoms. The van der Waals surface area contributed by atoms with Gasteiger partial charge in [-0.05, 0) is 38.0 Å². The molecule has 156 valence electrons. The molecule has 1 saturated heterocycles. The third kappa shape index (κ3) is 5.33. The molecule has 0 radical (unpaired) electrons. The number of aliphatic imine (C=N–C) groups is 1. The van der Waals surface area contributed by atoms with Gasteiger partial charge >= 0.3 is 0 Å². The molecular formula is C20H31FN4O3. The summed E-state index contributed by atoms with van der Waals surface area (Å²) >= 11 is 0. The highest BCUT2D eigenvalue weighted by Crippen LogP contribution is 2.29. The Bertz CT molecular complexity index is 690. The number of nitrogens with one attached hydrogen (secondary N) is 2. The zero-order chi connectivity index (χ0) is 20.0. The number of rotatable bonds is 6. The summed E-state index contributed by atoms with van der Waals surface area (Å²) in [5.74, 6) is 1.21. The number of ether oxygens (including phenoxy) is 3. The second kappa shape index (κ2) is 9.54. The Labute approximate surface area is 166 Å². The van der Waals surface area contributed by atoms with Crippen molar-refractivity contribution in [2.45, 2.75) is 32.4 Å². The van der Waals surface area contributed by atoms with Crippen molar-refractivity contribution in [3.8, 4) is 5.75 Å². The molecule has 7 nitrogen and oxygen atoms in total. The molecular weight excluding hydrogens is 363 g/mol. The first-order valence-corrected chi connectivity index (χ1v) is 9.79. The quantitative estimate of drug-likeness (QED) is 0.563. The number of hydrogen-bond donors (Lipinski definition) is 2. The van der Waals surface area contributed by atoms with Crippen molar-refractivity contribution < 1.29 is 18.6 Å². The van der Waals surface area contributed by atoms with Crippen LogP contribution in [0.25, 0.3) is 0 Å². The van der Waals surface area contributed by atoms with E-state index >= 15 is 0 Å². The maximum absolute atomic E-state index is 13.9. The van der Waals surface area contributed by atoms with Crippen LogP contribution < -0.4 is 15.4 Å². The topological polar surface area (TPSA) is 67.4 Å². The lowest BCUT2D eigenvalue weighted by atomic mass is 10.0. The first-order valence-electron chi connectivity index (χ1n) is 9.79. The van der Waals surface area contributed by atoms with Crippen molar-refractivity contribution in [2.75, 3.05) is 53.2 Å². The highest BCUT2D eigenvalue weighted by molar-refractivity contribution is 5.79. The van der Waals surface area contributed by atoms with Gasteiger partial charge in [-0.3, -0.25) is 9.89 Å². The van der Waals surface area contributed by atoms with Crippen molar-refractivity contribution in [3.05, 3.63) is 29.1 Å². The van der Waals surface area contributed by atoms with Crippen LogP contribution in [0.5, 0.6) is 5.75 Å². The zero-order valence-corrected chi connectivity index (χ0v) is 17.0. The monoisotopic (exact) mass is 394 g/mol. The normalized spacial score (nSPS) is 18.4. The van der Waals surface area contributed by atoms with Crippen LogP contribution in [0.15, 0.2) is 17.1 Å². The van der Waals surface area contributed by atoms with Gasteiger partial charge in [0.1, 0.15) is 11.6 Å².